The van der Waals surface area contributed by atoms with Gasteiger partial charge in [-0.15, -0.1) is 0 Å². The zero-order chi connectivity index (χ0) is 25.5. The second kappa shape index (κ2) is 8.64. The van der Waals surface area contributed by atoms with E-state index in [1.54, 1.807) is 0 Å². The first-order valence-corrected chi connectivity index (χ1v) is 8.17. The predicted molar refractivity (Wildman–Crippen MR) is 94.0 cm³/mol. The fourth-order valence-corrected chi connectivity index (χ4v) is 2.97. The molecule has 0 aliphatic heterocycles. The smallest absolute Gasteiger partial charge is 0.339 e. The quantitative estimate of drug-likeness (QED) is 0.278. The van der Waals surface area contributed by atoms with Gasteiger partial charge in [-0.2, -0.15) is 0 Å². The predicted octanol–water partition coefficient (Wildman–Crippen LogP) is 3.87. The van der Waals surface area contributed by atoms with Crippen molar-refractivity contribution in [1.82, 2.24) is 0 Å². The van der Waals surface area contributed by atoms with Crippen molar-refractivity contribution >= 4 is 35.5 Å². The number of carbonyl (C=O) groups is 4. The topological polar surface area (TPSA) is 149 Å². The lowest BCUT2D eigenvalue weighted by Crippen LogP contribution is -2.18. The van der Waals surface area contributed by atoms with Gasteiger partial charge in [0.15, 0.2) is 34.9 Å². The van der Waals surface area contributed by atoms with E-state index in [0.717, 1.165) is 0 Å². The Balaban J connectivity index is 3.11. The fraction of sp³-hybridized carbons (Fsp3) is 0.0526. The molecule has 0 bridgehead atoms. The maximum atomic E-state index is 14.4. The van der Waals surface area contributed by atoms with Gasteiger partial charge in [-0.05, 0) is 18.6 Å². The minimum Gasteiger partial charge on any atom is -0.478 e. The van der Waals surface area contributed by atoms with Crippen molar-refractivity contribution in [1.29, 1.82) is 0 Å². The molecule has 0 heterocycles. The van der Waals surface area contributed by atoms with E-state index in [-0.39, 0.29) is 6.08 Å². The number of hydrogen-bond acceptors (Lipinski definition) is 4. The van der Waals surface area contributed by atoms with E-state index >= 15 is 0 Å². The van der Waals surface area contributed by atoms with E-state index in [4.69, 9.17) is 10.2 Å². The third kappa shape index (κ3) is 3.97. The van der Waals surface area contributed by atoms with Crippen LogP contribution in [0.25, 0.3) is 11.6 Å². The summed E-state index contributed by atoms with van der Waals surface area (Å²) in [6, 6.07) is 0. The fourth-order valence-electron chi connectivity index (χ4n) is 2.97. The van der Waals surface area contributed by atoms with E-state index in [2.05, 4.69) is 0 Å². The Kier molecular flexibility index (Phi) is 6.52. The zero-order valence-electron chi connectivity index (χ0n) is 15.8. The number of allylic oxidation sites excluding steroid dienone is 1. The lowest BCUT2D eigenvalue weighted by atomic mass is 9.91. The molecule has 0 amide bonds. The second-order valence-electron chi connectivity index (χ2n) is 6.22. The first-order chi connectivity index (χ1) is 15.1. The number of benzene rings is 2. The second-order valence-corrected chi connectivity index (χ2v) is 6.22. The van der Waals surface area contributed by atoms with Crippen LogP contribution in [0.2, 0.25) is 0 Å². The van der Waals surface area contributed by atoms with E-state index in [1.165, 1.54) is 0 Å². The first kappa shape index (κ1) is 24.9. The summed E-state index contributed by atoms with van der Waals surface area (Å²) in [7, 11) is 0. The van der Waals surface area contributed by atoms with Gasteiger partial charge in [-0.3, -0.25) is 0 Å². The Morgan fingerprint density at radius 2 is 0.848 bits per heavy atom. The number of hydrogen-bond donors (Lipinski definition) is 4. The summed E-state index contributed by atoms with van der Waals surface area (Å²) < 4.78 is 84.4. The molecule has 0 saturated heterocycles. The van der Waals surface area contributed by atoms with Gasteiger partial charge < -0.3 is 20.4 Å². The van der Waals surface area contributed by atoms with E-state index in [9.17, 15) is 55.7 Å². The monoisotopic (exact) mass is 478 g/mol. The third-order valence-corrected chi connectivity index (χ3v) is 4.30. The van der Waals surface area contributed by atoms with Gasteiger partial charge in [-0.1, -0.05) is 0 Å². The molecule has 0 aliphatic carbocycles. The minimum absolute atomic E-state index is 0.113. The molecule has 0 fully saturated rings. The highest BCUT2D eigenvalue weighted by atomic mass is 19.2. The zero-order valence-corrected chi connectivity index (χ0v) is 15.8. The van der Waals surface area contributed by atoms with Crippen LogP contribution in [0.3, 0.4) is 0 Å². The first-order valence-electron chi connectivity index (χ1n) is 8.17. The van der Waals surface area contributed by atoms with Gasteiger partial charge in [0.2, 0.25) is 0 Å². The summed E-state index contributed by atoms with van der Waals surface area (Å²) in [5.41, 5.74) is -11.1. The van der Waals surface area contributed by atoms with Gasteiger partial charge in [0.05, 0.1) is 11.1 Å². The highest BCUT2D eigenvalue weighted by Crippen LogP contribution is 2.34. The molecule has 0 radical (unpaired) electrons. The minimum atomic E-state index is -2.47. The van der Waals surface area contributed by atoms with Gasteiger partial charge in [0.1, 0.15) is 11.1 Å². The molecule has 2 aromatic carbocycles. The molecule has 2 aromatic rings. The Morgan fingerprint density at radius 1 is 0.515 bits per heavy atom. The van der Waals surface area contributed by atoms with Crippen molar-refractivity contribution in [3.63, 3.8) is 0 Å². The van der Waals surface area contributed by atoms with Gasteiger partial charge >= 0.3 is 23.9 Å². The van der Waals surface area contributed by atoms with Gasteiger partial charge in [0.25, 0.3) is 0 Å². The van der Waals surface area contributed by atoms with Crippen molar-refractivity contribution in [2.45, 2.75) is 6.92 Å². The number of halogens is 6. The normalized spacial score (nSPS) is 11.4. The molecule has 0 unspecified atom stereocenters. The number of aromatic carboxylic acids is 4. The summed E-state index contributed by atoms with van der Waals surface area (Å²) in [5, 5.41) is 36.5. The average molecular weight is 478 g/mol. The Labute approximate surface area is 177 Å². The van der Waals surface area contributed by atoms with Crippen LogP contribution in [0.1, 0.15) is 59.5 Å². The molecular formula is C19H8F6O8. The highest BCUT2D eigenvalue weighted by Gasteiger charge is 2.34. The Hall–Kier alpha value is -4.36. The van der Waals surface area contributed by atoms with Crippen molar-refractivity contribution < 1.29 is 65.9 Å². The van der Waals surface area contributed by atoms with Crippen LogP contribution in [0.15, 0.2) is 0 Å². The molecule has 14 heteroatoms. The van der Waals surface area contributed by atoms with Crippen LogP contribution < -0.4 is 0 Å². The maximum absolute atomic E-state index is 14.4. The maximum Gasteiger partial charge on any atom is 0.339 e. The molecule has 33 heavy (non-hydrogen) atoms. The van der Waals surface area contributed by atoms with E-state index < -0.39 is 97.7 Å². The Bertz CT molecular complexity index is 1300. The molecule has 0 aliphatic rings. The molecule has 8 nitrogen and oxygen atoms in total. The summed E-state index contributed by atoms with van der Waals surface area (Å²) in [6.07, 6.45) is 0.113. The Morgan fingerprint density at radius 3 is 1.24 bits per heavy atom. The molecule has 0 spiro atoms. The molecule has 0 aromatic heterocycles. The van der Waals surface area contributed by atoms with E-state index in [0.29, 0.717) is 6.92 Å². The number of carboxylic acid groups (broad SMARTS) is 4. The summed E-state index contributed by atoms with van der Waals surface area (Å²) in [5.74, 6) is -23.6. The lowest BCUT2D eigenvalue weighted by Gasteiger charge is -2.15. The highest BCUT2D eigenvalue weighted by molar-refractivity contribution is 6.08. The van der Waals surface area contributed by atoms with E-state index in [1.807, 2.05) is 0 Å². The summed E-state index contributed by atoms with van der Waals surface area (Å²) in [6.45, 7) is 0.639. The SMILES string of the molecule is CC(=Cc1c(F)c(F)c(F)c(C(=O)O)c1C(=O)O)c1c(F)c(F)c(F)c(C(=O)O)c1C(=O)O. The van der Waals surface area contributed by atoms with Gasteiger partial charge in [0, 0.05) is 11.1 Å². The summed E-state index contributed by atoms with van der Waals surface area (Å²) >= 11 is 0. The lowest BCUT2D eigenvalue weighted by molar-refractivity contribution is 0.0644. The molecule has 174 valence electrons. The third-order valence-electron chi connectivity index (χ3n) is 4.30. The summed E-state index contributed by atoms with van der Waals surface area (Å²) in [4.78, 5) is 45.4. The molecular weight excluding hydrogens is 470 g/mol. The average Bonchev–Trinajstić information content (AvgIpc) is 2.70. The van der Waals surface area contributed by atoms with Crippen LogP contribution in [0.5, 0.6) is 0 Å². The van der Waals surface area contributed by atoms with Crippen LogP contribution in [0, 0.1) is 34.9 Å². The van der Waals surface area contributed by atoms with Crippen molar-refractivity contribution in [2.75, 3.05) is 0 Å². The molecule has 4 N–H and O–H groups in total. The van der Waals surface area contributed by atoms with Crippen molar-refractivity contribution in [2.24, 2.45) is 0 Å². The number of carboxylic acids is 4. The standard InChI is InChI=1S/C19H8F6O8/c1-3(5-7(17(28)29)9(19(32)33)13(23)15(25)11(5)21)2-4-6(16(26)27)8(18(30)31)12(22)14(24)10(4)20/h2H,1H3,(H,26,27)(H,28,29)(H,30,31)(H,32,33). The largest absolute Gasteiger partial charge is 0.478 e. The van der Waals surface area contributed by atoms with Crippen LogP contribution in [-0.4, -0.2) is 44.3 Å². The van der Waals surface area contributed by atoms with Crippen LogP contribution >= 0.6 is 0 Å². The van der Waals surface area contributed by atoms with Crippen LogP contribution in [-0.2, 0) is 0 Å². The van der Waals surface area contributed by atoms with Crippen molar-refractivity contribution in [3.8, 4) is 0 Å². The van der Waals surface area contributed by atoms with Gasteiger partial charge in [-0.25, -0.2) is 45.5 Å². The molecule has 0 saturated carbocycles. The van der Waals surface area contributed by atoms with Crippen LogP contribution in [0.4, 0.5) is 26.3 Å². The molecule has 2 rings (SSSR count). The number of rotatable bonds is 6. The van der Waals surface area contributed by atoms with Crippen molar-refractivity contribution in [3.05, 3.63) is 68.3 Å². The molecule has 0 atom stereocenters.